The average Bonchev–Trinajstić information content (AvgIpc) is 2.93. The van der Waals surface area contributed by atoms with Crippen LogP contribution in [0.1, 0.15) is 15.9 Å². The van der Waals surface area contributed by atoms with Gasteiger partial charge in [-0.3, -0.25) is 9.89 Å². The number of rotatable bonds is 2. The van der Waals surface area contributed by atoms with E-state index in [4.69, 9.17) is 0 Å². The number of aromatic amines is 2. The molecule has 3 aromatic rings. The minimum Gasteiger partial charge on any atom is -0.353 e. The minimum atomic E-state index is 0.563. The molecule has 0 bridgehead atoms. The van der Waals surface area contributed by atoms with Gasteiger partial charge in [-0.25, -0.2) is 0 Å². The van der Waals surface area contributed by atoms with Crippen LogP contribution in [0, 0.1) is 6.92 Å². The van der Waals surface area contributed by atoms with E-state index in [1.165, 1.54) is 11.8 Å². The van der Waals surface area contributed by atoms with Crippen LogP contribution in [0.25, 0.3) is 22.3 Å². The molecule has 0 radical (unpaired) electrons. The van der Waals surface area contributed by atoms with Crippen LogP contribution >= 0.6 is 0 Å². The van der Waals surface area contributed by atoms with Gasteiger partial charge < -0.3 is 4.98 Å². The molecule has 0 spiro atoms. The number of H-pyrrole nitrogens is 2. The van der Waals surface area contributed by atoms with E-state index in [2.05, 4.69) is 33.4 Å². The van der Waals surface area contributed by atoms with E-state index in [1.54, 1.807) is 0 Å². The fourth-order valence-electron chi connectivity index (χ4n) is 1.98. The zero-order valence-electron chi connectivity index (χ0n) is 9.32. The van der Waals surface area contributed by atoms with Crippen molar-refractivity contribution in [2.75, 3.05) is 0 Å². The maximum atomic E-state index is 10.9. The number of aromatic nitrogens is 3. The van der Waals surface area contributed by atoms with Crippen LogP contribution in [0.3, 0.4) is 0 Å². The lowest BCUT2D eigenvalue weighted by molar-refractivity contribution is 0.112. The molecule has 0 aliphatic carbocycles. The van der Waals surface area contributed by atoms with E-state index >= 15 is 0 Å². The van der Waals surface area contributed by atoms with Gasteiger partial charge in [0.25, 0.3) is 0 Å². The lowest BCUT2D eigenvalue weighted by Gasteiger charge is -1.93. The van der Waals surface area contributed by atoms with Crippen molar-refractivity contribution in [1.82, 2.24) is 15.2 Å². The Morgan fingerprint density at radius 2 is 2.18 bits per heavy atom. The lowest BCUT2D eigenvalue weighted by Crippen LogP contribution is -1.83. The first-order chi connectivity index (χ1) is 8.28. The smallest absolute Gasteiger partial charge is 0.153 e. The van der Waals surface area contributed by atoms with Crippen LogP contribution in [0.2, 0.25) is 0 Å². The van der Waals surface area contributed by atoms with E-state index in [-0.39, 0.29) is 0 Å². The van der Waals surface area contributed by atoms with Crippen molar-refractivity contribution >= 4 is 17.2 Å². The van der Waals surface area contributed by atoms with E-state index in [0.29, 0.717) is 5.56 Å². The van der Waals surface area contributed by atoms with Crippen LogP contribution in [-0.2, 0) is 0 Å². The van der Waals surface area contributed by atoms with Gasteiger partial charge in [0.1, 0.15) is 0 Å². The normalized spacial score (nSPS) is 10.9. The maximum absolute atomic E-state index is 10.9. The van der Waals surface area contributed by atoms with Crippen molar-refractivity contribution < 1.29 is 4.79 Å². The predicted molar refractivity (Wildman–Crippen MR) is 66.0 cm³/mol. The molecule has 0 amide bonds. The highest BCUT2D eigenvalue weighted by molar-refractivity contribution is 5.90. The quantitative estimate of drug-likeness (QED) is 0.658. The minimum absolute atomic E-state index is 0.563. The third kappa shape index (κ3) is 1.54. The van der Waals surface area contributed by atoms with E-state index < -0.39 is 0 Å². The van der Waals surface area contributed by atoms with Gasteiger partial charge in [0.05, 0.1) is 23.1 Å². The molecule has 0 fully saturated rings. The number of hydrogen-bond acceptors (Lipinski definition) is 2. The van der Waals surface area contributed by atoms with Gasteiger partial charge in [0, 0.05) is 10.9 Å². The van der Waals surface area contributed by atoms with E-state index in [9.17, 15) is 4.79 Å². The number of aryl methyl sites for hydroxylation is 1. The lowest BCUT2D eigenvalue weighted by atomic mass is 10.2. The summed E-state index contributed by atoms with van der Waals surface area (Å²) in [5.41, 5.74) is 4.44. The molecule has 0 saturated heterocycles. The zero-order valence-corrected chi connectivity index (χ0v) is 9.32. The SMILES string of the molecule is Cc1ccc2cc(-c3[nH]ncc3C=O)[nH]c2c1. The summed E-state index contributed by atoms with van der Waals surface area (Å²) in [6, 6.07) is 8.21. The molecule has 4 nitrogen and oxygen atoms in total. The van der Waals surface area contributed by atoms with Crippen molar-refractivity contribution in [2.45, 2.75) is 6.92 Å². The number of nitrogens with zero attached hydrogens (tertiary/aromatic N) is 1. The highest BCUT2D eigenvalue weighted by Crippen LogP contribution is 2.24. The number of carbonyl (C=O) groups excluding carboxylic acids is 1. The fraction of sp³-hybridized carbons (Fsp3) is 0.0769. The summed E-state index contributed by atoms with van der Waals surface area (Å²) < 4.78 is 0. The molecule has 0 aliphatic heterocycles. The second-order valence-electron chi connectivity index (χ2n) is 4.09. The maximum Gasteiger partial charge on any atom is 0.153 e. The van der Waals surface area contributed by atoms with Crippen LogP contribution in [0.5, 0.6) is 0 Å². The van der Waals surface area contributed by atoms with Gasteiger partial charge in [0.15, 0.2) is 6.29 Å². The second kappa shape index (κ2) is 3.59. The van der Waals surface area contributed by atoms with Gasteiger partial charge in [-0.1, -0.05) is 12.1 Å². The van der Waals surface area contributed by atoms with Crippen LogP contribution in [-0.4, -0.2) is 21.5 Å². The molecule has 2 heterocycles. The molecule has 1 aromatic carbocycles. The van der Waals surface area contributed by atoms with Crippen molar-refractivity contribution in [3.63, 3.8) is 0 Å². The Morgan fingerprint density at radius 1 is 1.29 bits per heavy atom. The first-order valence-electron chi connectivity index (χ1n) is 5.36. The van der Waals surface area contributed by atoms with Crippen molar-refractivity contribution in [2.24, 2.45) is 0 Å². The molecule has 2 N–H and O–H groups in total. The molecule has 17 heavy (non-hydrogen) atoms. The molecule has 0 atom stereocenters. The Hall–Kier alpha value is -2.36. The number of hydrogen-bond donors (Lipinski definition) is 2. The highest BCUT2D eigenvalue weighted by Gasteiger charge is 2.09. The van der Waals surface area contributed by atoms with Crippen molar-refractivity contribution in [1.29, 1.82) is 0 Å². The number of fused-ring (bicyclic) bond motifs is 1. The number of benzene rings is 1. The van der Waals surface area contributed by atoms with Crippen LogP contribution in [0.4, 0.5) is 0 Å². The highest BCUT2D eigenvalue weighted by atomic mass is 16.1. The zero-order chi connectivity index (χ0) is 11.8. The Labute approximate surface area is 97.7 Å². The first-order valence-corrected chi connectivity index (χ1v) is 5.36. The summed E-state index contributed by atoms with van der Waals surface area (Å²) in [6.45, 7) is 2.05. The van der Waals surface area contributed by atoms with Gasteiger partial charge in [-0.15, -0.1) is 0 Å². The van der Waals surface area contributed by atoms with Gasteiger partial charge in [0.2, 0.25) is 0 Å². The number of carbonyl (C=O) groups is 1. The molecule has 0 unspecified atom stereocenters. The van der Waals surface area contributed by atoms with Gasteiger partial charge >= 0.3 is 0 Å². The molecular weight excluding hydrogens is 214 g/mol. The standard InChI is InChI=1S/C13H11N3O/c1-8-2-3-9-5-12(15-11(9)4-8)13-10(7-17)6-14-16-13/h2-7,15H,1H3,(H,14,16). The number of nitrogens with one attached hydrogen (secondary N) is 2. The van der Waals surface area contributed by atoms with Gasteiger partial charge in [-0.05, 0) is 24.6 Å². The molecule has 0 aliphatic rings. The molecule has 0 saturated carbocycles. The Balaban J connectivity index is 2.21. The average molecular weight is 225 g/mol. The second-order valence-corrected chi connectivity index (χ2v) is 4.09. The largest absolute Gasteiger partial charge is 0.353 e. The first kappa shape index (κ1) is 9.84. The third-order valence-corrected chi connectivity index (χ3v) is 2.84. The Kier molecular flexibility index (Phi) is 2.08. The van der Waals surface area contributed by atoms with Crippen LogP contribution < -0.4 is 0 Å². The van der Waals surface area contributed by atoms with E-state index in [1.807, 2.05) is 13.0 Å². The predicted octanol–water partition coefficient (Wildman–Crippen LogP) is 2.68. The summed E-state index contributed by atoms with van der Waals surface area (Å²) in [7, 11) is 0. The Morgan fingerprint density at radius 3 is 3.00 bits per heavy atom. The summed E-state index contributed by atoms with van der Waals surface area (Å²) in [4.78, 5) is 14.1. The summed E-state index contributed by atoms with van der Waals surface area (Å²) in [5, 5.41) is 7.84. The van der Waals surface area contributed by atoms with E-state index in [0.717, 1.165) is 28.6 Å². The third-order valence-electron chi connectivity index (χ3n) is 2.84. The molecule has 84 valence electrons. The summed E-state index contributed by atoms with van der Waals surface area (Å²) >= 11 is 0. The molecule has 3 rings (SSSR count). The number of aldehydes is 1. The molecule has 4 heteroatoms. The van der Waals surface area contributed by atoms with Crippen molar-refractivity contribution in [3.8, 4) is 11.4 Å². The topological polar surface area (TPSA) is 61.5 Å². The van der Waals surface area contributed by atoms with Crippen LogP contribution in [0.15, 0.2) is 30.5 Å². The Bertz CT molecular complexity index is 694. The molecular formula is C13H11N3O. The summed E-state index contributed by atoms with van der Waals surface area (Å²) in [6.07, 6.45) is 2.33. The van der Waals surface area contributed by atoms with Crippen molar-refractivity contribution in [3.05, 3.63) is 41.6 Å². The summed E-state index contributed by atoms with van der Waals surface area (Å²) in [5.74, 6) is 0. The monoisotopic (exact) mass is 225 g/mol. The fourth-order valence-corrected chi connectivity index (χ4v) is 1.98. The molecule has 2 aromatic heterocycles. The van der Waals surface area contributed by atoms with Gasteiger partial charge in [-0.2, -0.15) is 5.10 Å².